The van der Waals surface area contributed by atoms with Crippen LogP contribution in [0, 0.1) is 5.92 Å². The number of fused-ring (bicyclic) bond motifs is 5. The number of ether oxygens (including phenoxy) is 2. The number of hydrogen-bond acceptors (Lipinski definition) is 8. The monoisotopic (exact) mass is 673 g/mol. The van der Waals surface area contributed by atoms with E-state index in [4.69, 9.17) is 25.1 Å². The fourth-order valence-corrected chi connectivity index (χ4v) is 6.02. The smallest absolute Gasteiger partial charge is 0.483 e. The van der Waals surface area contributed by atoms with Gasteiger partial charge in [-0.25, -0.2) is 33.1 Å². The van der Waals surface area contributed by atoms with Crippen LogP contribution in [0.5, 0.6) is 11.5 Å². The molecule has 3 aliphatic heterocycles. The number of nitrogens with two attached hydrogens (primary N) is 1. The number of Topliss-reactive ketones (excluding diaryl/α,β-unsaturated/α-hetero) is 1. The van der Waals surface area contributed by atoms with Crippen LogP contribution in [0.15, 0.2) is 63.7 Å². The van der Waals surface area contributed by atoms with E-state index in [9.17, 15) is 32.3 Å². The predicted octanol–water partition coefficient (Wildman–Crippen LogP) is 3.51. The van der Waals surface area contributed by atoms with Crippen LogP contribution in [-0.4, -0.2) is 73.2 Å². The second kappa shape index (κ2) is 12.8. The molecule has 0 aliphatic carbocycles. The molecule has 256 valence electrons. The van der Waals surface area contributed by atoms with Crippen molar-refractivity contribution in [2.24, 2.45) is 11.7 Å². The third-order valence-corrected chi connectivity index (χ3v) is 8.61. The largest absolute Gasteiger partial charge is 0.490 e. The van der Waals surface area contributed by atoms with E-state index in [-0.39, 0.29) is 12.3 Å². The van der Waals surface area contributed by atoms with Crippen LogP contribution in [-0.2, 0) is 11.3 Å². The lowest BCUT2D eigenvalue weighted by Gasteiger charge is -2.42. The molecule has 0 bridgehead atoms. The Kier molecular flexibility index (Phi) is 9.14. The Morgan fingerprint density at radius 1 is 1.04 bits per heavy atom. The molecule has 3 N–H and O–H groups in total. The zero-order valence-corrected chi connectivity index (χ0v) is 26.3. The maximum Gasteiger partial charge on any atom is 0.490 e. The lowest BCUT2D eigenvalue weighted by Crippen LogP contribution is -2.46. The number of hydrogen-bond donors (Lipinski definition) is 2. The number of allylic oxidation sites excluding steroid dienone is 1. The number of nitrogens with zero attached hydrogens (tertiary/aromatic N) is 4. The average Bonchev–Trinajstić information content (AvgIpc) is 3.29. The van der Waals surface area contributed by atoms with Crippen LogP contribution in [0.25, 0.3) is 5.69 Å². The molecule has 1 aromatic heterocycles. The lowest BCUT2D eigenvalue weighted by molar-refractivity contribution is -0.192. The Bertz CT molecular complexity index is 1900. The second-order valence-corrected chi connectivity index (χ2v) is 12.1. The number of carboxylic acid groups (broad SMARTS) is 1. The van der Waals surface area contributed by atoms with Crippen molar-refractivity contribution in [1.82, 2.24) is 18.8 Å². The summed E-state index contributed by atoms with van der Waals surface area (Å²) < 4.78 is 47.8. The van der Waals surface area contributed by atoms with Gasteiger partial charge in [0, 0.05) is 30.3 Å². The molecule has 4 heterocycles. The second-order valence-electron chi connectivity index (χ2n) is 12.1. The third-order valence-electron chi connectivity index (χ3n) is 8.61. The molecule has 3 aromatic rings. The van der Waals surface area contributed by atoms with Crippen molar-refractivity contribution in [2.45, 2.75) is 58.0 Å². The molecule has 48 heavy (non-hydrogen) atoms. The number of aromatic nitrogens is 3. The van der Waals surface area contributed by atoms with Crippen LogP contribution in [0.3, 0.4) is 0 Å². The van der Waals surface area contributed by atoms with E-state index in [1.54, 1.807) is 47.4 Å². The van der Waals surface area contributed by atoms with Crippen molar-refractivity contribution in [3.05, 3.63) is 86.2 Å². The molecule has 0 spiro atoms. The molecular formula is C32H34F3N5O8. The van der Waals surface area contributed by atoms with Gasteiger partial charge in [0.1, 0.15) is 23.1 Å². The first-order valence-corrected chi connectivity index (χ1v) is 15.1. The molecule has 1 saturated heterocycles. The maximum atomic E-state index is 13.8. The van der Waals surface area contributed by atoms with Crippen LogP contribution in [0.1, 0.15) is 55.6 Å². The number of alkyl halides is 3. The van der Waals surface area contributed by atoms with Crippen LogP contribution >= 0.6 is 0 Å². The third kappa shape index (κ3) is 6.52. The van der Waals surface area contributed by atoms with Gasteiger partial charge in [0.15, 0.2) is 5.78 Å². The molecule has 0 saturated carbocycles. The van der Waals surface area contributed by atoms with Gasteiger partial charge in [0.2, 0.25) is 0 Å². The summed E-state index contributed by atoms with van der Waals surface area (Å²) in [6.07, 6.45) is -1.88. The van der Waals surface area contributed by atoms with E-state index in [1.165, 1.54) is 16.3 Å². The minimum absolute atomic E-state index is 0.104. The highest BCUT2D eigenvalue weighted by Gasteiger charge is 2.44. The van der Waals surface area contributed by atoms with E-state index < -0.39 is 41.3 Å². The first-order valence-electron chi connectivity index (χ1n) is 15.1. The summed E-state index contributed by atoms with van der Waals surface area (Å²) >= 11 is 0. The molecule has 13 nitrogen and oxygen atoms in total. The quantitative estimate of drug-likeness (QED) is 0.311. The highest BCUT2D eigenvalue weighted by atomic mass is 19.4. The van der Waals surface area contributed by atoms with E-state index in [1.807, 2.05) is 19.9 Å². The highest BCUT2D eigenvalue weighted by molar-refractivity contribution is 5.94. The maximum absolute atomic E-state index is 13.8. The first-order chi connectivity index (χ1) is 22.5. The first kappa shape index (κ1) is 34.2. The molecule has 16 heteroatoms. The molecule has 3 aliphatic rings. The predicted molar refractivity (Wildman–Crippen MR) is 165 cm³/mol. The topological polar surface area (TPSA) is 168 Å². The Labute approximate surface area is 271 Å². The summed E-state index contributed by atoms with van der Waals surface area (Å²) in [5, 5.41) is 7.12. The number of piperidine rings is 1. The van der Waals surface area contributed by atoms with Crippen LogP contribution in [0.2, 0.25) is 0 Å². The van der Waals surface area contributed by atoms with E-state index in [0.29, 0.717) is 53.9 Å². The fourth-order valence-electron chi connectivity index (χ4n) is 6.02. The van der Waals surface area contributed by atoms with Crippen molar-refractivity contribution in [1.29, 1.82) is 0 Å². The SMILES string of the molecule is CC(=O)c1ccc(-n2c(=O)n3n(c2=O)C2C(=CC3)C(C)(C)Oc3cc(OC(=O)N4CCC(CN)CC4)ccc32)cc1.O=C(O)C(F)(F)F. The van der Waals surface area contributed by atoms with E-state index in [0.717, 1.165) is 23.0 Å². The summed E-state index contributed by atoms with van der Waals surface area (Å²) in [5.41, 5.74) is 6.40. The summed E-state index contributed by atoms with van der Waals surface area (Å²) in [7, 11) is 0. The van der Waals surface area contributed by atoms with Crippen molar-refractivity contribution < 1.29 is 42.1 Å². The number of ketones is 1. The summed E-state index contributed by atoms with van der Waals surface area (Å²) in [6.45, 7) is 7.29. The number of benzene rings is 2. The van der Waals surface area contributed by atoms with Crippen molar-refractivity contribution >= 4 is 17.8 Å². The van der Waals surface area contributed by atoms with Gasteiger partial charge in [-0.15, -0.1) is 0 Å². The number of carbonyl (C=O) groups is 3. The number of likely N-dealkylation sites (tertiary alicyclic amines) is 1. The Balaban J connectivity index is 0.000000582. The zero-order valence-electron chi connectivity index (χ0n) is 26.3. The van der Waals surface area contributed by atoms with Gasteiger partial charge >= 0.3 is 29.6 Å². The Morgan fingerprint density at radius 2 is 1.67 bits per heavy atom. The molecule has 1 amide bonds. The van der Waals surface area contributed by atoms with Gasteiger partial charge < -0.3 is 25.2 Å². The number of aliphatic carboxylic acids is 1. The molecule has 2 aromatic carbocycles. The molecule has 6 rings (SSSR count). The number of carboxylic acids is 1. The van der Waals surface area contributed by atoms with Crippen molar-refractivity contribution in [2.75, 3.05) is 19.6 Å². The summed E-state index contributed by atoms with van der Waals surface area (Å²) in [5.74, 6) is -1.63. The van der Waals surface area contributed by atoms with Crippen molar-refractivity contribution in [3.8, 4) is 17.2 Å². The summed E-state index contributed by atoms with van der Waals surface area (Å²) in [4.78, 5) is 62.5. The van der Waals surface area contributed by atoms with Gasteiger partial charge in [-0.3, -0.25) is 4.79 Å². The normalized spacial score (nSPS) is 18.2. The Hall–Kier alpha value is -5.12. The van der Waals surface area contributed by atoms with Gasteiger partial charge in [-0.05, 0) is 88.0 Å². The Morgan fingerprint density at radius 3 is 2.23 bits per heavy atom. The highest BCUT2D eigenvalue weighted by Crippen LogP contribution is 2.47. The molecular weight excluding hydrogens is 639 g/mol. The number of halogens is 3. The molecule has 0 radical (unpaired) electrons. The van der Waals surface area contributed by atoms with E-state index in [2.05, 4.69) is 0 Å². The molecule has 1 unspecified atom stereocenters. The van der Waals surface area contributed by atoms with Gasteiger partial charge in [-0.2, -0.15) is 13.2 Å². The van der Waals surface area contributed by atoms with Crippen LogP contribution in [0.4, 0.5) is 18.0 Å². The van der Waals surface area contributed by atoms with Crippen LogP contribution < -0.4 is 26.6 Å². The molecule has 1 fully saturated rings. The number of carbonyl (C=O) groups excluding carboxylic acids is 2. The van der Waals surface area contributed by atoms with Gasteiger partial charge in [-0.1, -0.05) is 6.08 Å². The molecule has 1 atom stereocenters. The minimum atomic E-state index is -5.08. The standard InChI is InChI=1S/C30H33N5O6.C2HF3O2/c1-18(36)20-4-6-21(7-5-20)34-27(37)33-15-12-24-26(35(33)28(34)38)23-9-8-22(16-25(23)41-30(24,2)3)40-29(39)32-13-10-19(17-31)11-14-32;3-2(4,5)1(6)7/h4-9,12,16,19,26H,10-11,13-15,17,31H2,1-3H3;(H,6,7). The van der Waals surface area contributed by atoms with Gasteiger partial charge in [0.05, 0.1) is 12.2 Å². The minimum Gasteiger partial charge on any atom is -0.483 e. The fraction of sp³-hybridized carbons (Fsp3) is 0.406. The number of amides is 1. The lowest BCUT2D eigenvalue weighted by atomic mass is 9.83. The van der Waals surface area contributed by atoms with E-state index >= 15 is 0 Å². The van der Waals surface area contributed by atoms with Gasteiger partial charge in [0.25, 0.3) is 0 Å². The zero-order chi connectivity index (χ0) is 35.1. The number of rotatable bonds is 4. The average molecular weight is 674 g/mol. The van der Waals surface area contributed by atoms with Crippen molar-refractivity contribution in [3.63, 3.8) is 0 Å². The summed E-state index contributed by atoms with van der Waals surface area (Å²) in [6, 6.07) is 10.9.